The SMILES string of the molecule is CCCCCCCCCCCCCCCC(=O)OCC(COCCC(C(=O)[O-])[N+](C)(C)C)OC(=O)CCCCCCCCCCCCC. The maximum atomic E-state index is 12.6. The standard InChI is InChI=1S/C40H77NO7/c1-6-8-10-12-14-16-18-19-21-22-24-26-28-30-38(42)47-35-36(34-46-33-32-37(40(44)45)41(3,4)5)48-39(43)31-29-27-25-23-20-17-15-13-11-9-7-2/h36-37H,6-35H2,1-5H3. The highest BCUT2D eigenvalue weighted by Gasteiger charge is 2.25. The highest BCUT2D eigenvalue weighted by atomic mass is 16.6. The minimum atomic E-state index is -1.12. The predicted molar refractivity (Wildman–Crippen MR) is 194 cm³/mol. The van der Waals surface area contributed by atoms with E-state index in [-0.39, 0.29) is 42.7 Å². The van der Waals surface area contributed by atoms with Crippen molar-refractivity contribution < 1.29 is 38.2 Å². The van der Waals surface area contributed by atoms with Gasteiger partial charge in [0.25, 0.3) is 0 Å². The number of carboxylic acids is 1. The van der Waals surface area contributed by atoms with Crippen molar-refractivity contribution in [1.29, 1.82) is 0 Å². The third kappa shape index (κ3) is 30.4. The van der Waals surface area contributed by atoms with Gasteiger partial charge in [0, 0.05) is 19.3 Å². The average Bonchev–Trinajstić information content (AvgIpc) is 3.03. The van der Waals surface area contributed by atoms with Crippen LogP contribution in [0.3, 0.4) is 0 Å². The number of hydrogen-bond donors (Lipinski definition) is 0. The first kappa shape index (κ1) is 46.3. The fourth-order valence-electron chi connectivity index (χ4n) is 6.07. The summed E-state index contributed by atoms with van der Waals surface area (Å²) in [5.41, 5.74) is 0. The van der Waals surface area contributed by atoms with Crippen LogP contribution in [-0.2, 0) is 28.6 Å². The second kappa shape index (κ2) is 32.5. The molecule has 0 fully saturated rings. The maximum Gasteiger partial charge on any atom is 0.306 e. The van der Waals surface area contributed by atoms with E-state index < -0.39 is 18.1 Å². The second-order valence-electron chi connectivity index (χ2n) is 14.9. The summed E-state index contributed by atoms with van der Waals surface area (Å²) in [4.78, 5) is 36.6. The van der Waals surface area contributed by atoms with Crippen LogP contribution in [0.15, 0.2) is 0 Å². The Morgan fingerprint density at radius 1 is 0.542 bits per heavy atom. The van der Waals surface area contributed by atoms with Crippen molar-refractivity contribution in [2.24, 2.45) is 0 Å². The van der Waals surface area contributed by atoms with Crippen molar-refractivity contribution >= 4 is 17.9 Å². The Labute approximate surface area is 296 Å². The molecule has 0 N–H and O–H groups in total. The number of quaternary nitrogens is 1. The van der Waals surface area contributed by atoms with E-state index in [0.29, 0.717) is 12.8 Å². The van der Waals surface area contributed by atoms with Gasteiger partial charge in [0.1, 0.15) is 12.6 Å². The van der Waals surface area contributed by atoms with Gasteiger partial charge in [-0.3, -0.25) is 9.59 Å². The van der Waals surface area contributed by atoms with Crippen LogP contribution in [0.25, 0.3) is 0 Å². The van der Waals surface area contributed by atoms with Gasteiger partial charge >= 0.3 is 11.9 Å². The number of aliphatic carboxylic acids is 1. The van der Waals surface area contributed by atoms with Gasteiger partial charge in [-0.2, -0.15) is 0 Å². The number of carbonyl (C=O) groups excluding carboxylic acids is 3. The van der Waals surface area contributed by atoms with E-state index >= 15 is 0 Å². The Morgan fingerprint density at radius 2 is 0.917 bits per heavy atom. The molecule has 0 aromatic heterocycles. The van der Waals surface area contributed by atoms with Crippen LogP contribution in [0.1, 0.15) is 187 Å². The average molecular weight is 684 g/mol. The van der Waals surface area contributed by atoms with E-state index in [1.807, 2.05) is 0 Å². The Hall–Kier alpha value is -1.67. The summed E-state index contributed by atoms with van der Waals surface area (Å²) in [5.74, 6) is -1.72. The molecule has 0 heterocycles. The molecule has 0 radical (unpaired) electrons. The zero-order valence-corrected chi connectivity index (χ0v) is 32.2. The molecular weight excluding hydrogens is 606 g/mol. The molecule has 0 rings (SSSR count). The number of hydrogen-bond acceptors (Lipinski definition) is 7. The molecule has 0 bridgehead atoms. The van der Waals surface area contributed by atoms with Gasteiger partial charge in [-0.15, -0.1) is 0 Å². The molecule has 284 valence electrons. The van der Waals surface area contributed by atoms with Crippen LogP contribution in [0, 0.1) is 0 Å². The zero-order valence-electron chi connectivity index (χ0n) is 32.2. The topological polar surface area (TPSA) is 102 Å². The monoisotopic (exact) mass is 684 g/mol. The first-order chi connectivity index (χ1) is 23.1. The molecule has 0 saturated heterocycles. The molecule has 2 atom stereocenters. The first-order valence-electron chi connectivity index (χ1n) is 20.1. The molecule has 0 aromatic carbocycles. The number of carboxylic acid groups (broad SMARTS) is 1. The summed E-state index contributed by atoms with van der Waals surface area (Å²) in [6, 6.07) is -0.717. The number of unbranched alkanes of at least 4 members (excludes halogenated alkanes) is 22. The molecule has 0 aliphatic rings. The Morgan fingerprint density at radius 3 is 1.29 bits per heavy atom. The number of nitrogens with zero attached hydrogens (tertiary/aromatic N) is 1. The molecule has 0 aliphatic heterocycles. The summed E-state index contributed by atoms with van der Waals surface area (Å²) < 4.78 is 17.1. The lowest BCUT2D eigenvalue weighted by atomic mass is 10.0. The maximum absolute atomic E-state index is 12.6. The minimum absolute atomic E-state index is 0.0485. The van der Waals surface area contributed by atoms with E-state index in [0.717, 1.165) is 38.5 Å². The van der Waals surface area contributed by atoms with Crippen molar-refractivity contribution in [3.05, 3.63) is 0 Å². The summed E-state index contributed by atoms with van der Waals surface area (Å²) in [6.07, 6.45) is 29.7. The Balaban J connectivity index is 4.36. The number of carbonyl (C=O) groups is 3. The van der Waals surface area contributed by atoms with E-state index in [1.165, 1.54) is 116 Å². The van der Waals surface area contributed by atoms with Gasteiger partial charge in [-0.1, -0.05) is 155 Å². The van der Waals surface area contributed by atoms with Crippen LogP contribution in [0.2, 0.25) is 0 Å². The Kier molecular flexibility index (Phi) is 31.4. The lowest BCUT2D eigenvalue weighted by Gasteiger charge is -2.34. The van der Waals surface area contributed by atoms with Crippen LogP contribution in [0.5, 0.6) is 0 Å². The largest absolute Gasteiger partial charge is 0.544 e. The highest BCUT2D eigenvalue weighted by molar-refractivity contribution is 5.70. The molecule has 0 saturated carbocycles. The highest BCUT2D eigenvalue weighted by Crippen LogP contribution is 2.15. The molecule has 8 heteroatoms. The van der Waals surface area contributed by atoms with Crippen LogP contribution in [-0.4, -0.2) is 75.5 Å². The number of esters is 2. The molecule has 2 unspecified atom stereocenters. The molecule has 0 aromatic rings. The van der Waals surface area contributed by atoms with Crippen molar-refractivity contribution in [3.63, 3.8) is 0 Å². The summed E-state index contributed by atoms with van der Waals surface area (Å²) in [6.45, 7) is 4.66. The van der Waals surface area contributed by atoms with E-state index in [4.69, 9.17) is 14.2 Å². The fourth-order valence-corrected chi connectivity index (χ4v) is 6.07. The Bertz CT molecular complexity index is 767. The molecule has 48 heavy (non-hydrogen) atoms. The quantitative estimate of drug-likeness (QED) is 0.0369. The van der Waals surface area contributed by atoms with Crippen LogP contribution in [0.4, 0.5) is 0 Å². The molecule has 0 aliphatic carbocycles. The molecule has 8 nitrogen and oxygen atoms in total. The molecule has 0 spiro atoms. The van der Waals surface area contributed by atoms with Gasteiger partial charge in [-0.25, -0.2) is 0 Å². The smallest absolute Gasteiger partial charge is 0.306 e. The minimum Gasteiger partial charge on any atom is -0.544 e. The van der Waals surface area contributed by atoms with Gasteiger partial charge < -0.3 is 28.6 Å². The number of likely N-dealkylation sites (N-methyl/N-ethyl adjacent to an activating group) is 1. The van der Waals surface area contributed by atoms with Gasteiger partial charge in [0.05, 0.1) is 40.3 Å². The van der Waals surface area contributed by atoms with E-state index in [2.05, 4.69) is 13.8 Å². The lowest BCUT2D eigenvalue weighted by Crippen LogP contribution is -2.55. The summed E-state index contributed by atoms with van der Waals surface area (Å²) in [7, 11) is 5.41. The molecule has 0 amide bonds. The third-order valence-corrected chi connectivity index (χ3v) is 9.24. The van der Waals surface area contributed by atoms with Crippen LogP contribution >= 0.6 is 0 Å². The normalized spacial score (nSPS) is 12.9. The lowest BCUT2D eigenvalue weighted by molar-refractivity contribution is -0.889. The fraction of sp³-hybridized carbons (Fsp3) is 0.925. The predicted octanol–water partition coefficient (Wildman–Crippen LogP) is 8.86. The van der Waals surface area contributed by atoms with Crippen molar-refractivity contribution in [2.75, 3.05) is 41.0 Å². The van der Waals surface area contributed by atoms with E-state index in [9.17, 15) is 19.5 Å². The van der Waals surface area contributed by atoms with Crippen molar-refractivity contribution in [2.45, 2.75) is 199 Å². The molecular formula is C40H77NO7. The summed E-state index contributed by atoms with van der Waals surface area (Å²) >= 11 is 0. The second-order valence-corrected chi connectivity index (χ2v) is 14.9. The zero-order chi connectivity index (χ0) is 35.7. The van der Waals surface area contributed by atoms with E-state index in [1.54, 1.807) is 21.1 Å². The number of ether oxygens (including phenoxy) is 3. The number of rotatable bonds is 36. The van der Waals surface area contributed by atoms with Crippen LogP contribution < -0.4 is 5.11 Å². The van der Waals surface area contributed by atoms with Gasteiger partial charge in [-0.05, 0) is 12.8 Å². The van der Waals surface area contributed by atoms with Gasteiger partial charge in [0.15, 0.2) is 6.10 Å². The third-order valence-electron chi connectivity index (χ3n) is 9.24. The van der Waals surface area contributed by atoms with Crippen molar-refractivity contribution in [3.8, 4) is 0 Å². The van der Waals surface area contributed by atoms with Gasteiger partial charge in [0.2, 0.25) is 0 Å². The summed E-state index contributed by atoms with van der Waals surface area (Å²) in [5, 5.41) is 11.6. The van der Waals surface area contributed by atoms with Crippen molar-refractivity contribution in [1.82, 2.24) is 0 Å². The first-order valence-corrected chi connectivity index (χ1v) is 20.1.